The van der Waals surface area contributed by atoms with Crippen LogP contribution in [0.25, 0.3) is 0 Å². The van der Waals surface area contributed by atoms with Crippen LogP contribution in [0, 0.1) is 6.92 Å². The lowest BCUT2D eigenvalue weighted by Gasteiger charge is -2.24. The lowest BCUT2D eigenvalue weighted by atomic mass is 10.1. The minimum atomic E-state index is -3.61. The highest BCUT2D eigenvalue weighted by molar-refractivity contribution is 7.89. The van der Waals surface area contributed by atoms with E-state index in [0.717, 1.165) is 42.9 Å². The van der Waals surface area contributed by atoms with Crippen molar-refractivity contribution in [3.05, 3.63) is 35.7 Å². The topological polar surface area (TPSA) is 87.5 Å². The molecule has 0 aliphatic carbocycles. The molecule has 1 fully saturated rings. The Balaban J connectivity index is 1.84. The van der Waals surface area contributed by atoms with Gasteiger partial charge in [0.25, 0.3) is 0 Å². The van der Waals surface area contributed by atoms with E-state index in [1.54, 1.807) is 16.8 Å². The Hall–Kier alpha value is -2.39. The van der Waals surface area contributed by atoms with Crippen LogP contribution in [0.2, 0.25) is 0 Å². The van der Waals surface area contributed by atoms with Crippen LogP contribution in [0.5, 0.6) is 0 Å². The van der Waals surface area contributed by atoms with Crippen molar-refractivity contribution in [2.45, 2.75) is 51.3 Å². The number of sulfonamides is 1. The second-order valence-corrected chi connectivity index (χ2v) is 9.86. The first kappa shape index (κ1) is 23.3. The van der Waals surface area contributed by atoms with Gasteiger partial charge in [-0.25, -0.2) is 8.42 Å². The average Bonchev–Trinajstić information content (AvgIpc) is 3.36. The van der Waals surface area contributed by atoms with Crippen LogP contribution < -0.4 is 10.2 Å². The summed E-state index contributed by atoms with van der Waals surface area (Å²) in [7, 11) is -1.74. The van der Waals surface area contributed by atoms with E-state index in [9.17, 15) is 13.2 Å². The van der Waals surface area contributed by atoms with E-state index in [1.807, 2.05) is 40.1 Å². The molecule has 8 nitrogen and oxygen atoms in total. The Morgan fingerprint density at radius 2 is 1.87 bits per heavy atom. The first-order valence-corrected chi connectivity index (χ1v) is 12.4. The maximum atomic E-state index is 13.0. The van der Waals surface area contributed by atoms with Crippen LogP contribution in [0.1, 0.15) is 44.4 Å². The number of hydrogen-bond donors (Lipinski definition) is 1. The Labute approximate surface area is 185 Å². The van der Waals surface area contributed by atoms with E-state index in [1.165, 1.54) is 4.31 Å². The molecule has 0 saturated carbocycles. The van der Waals surface area contributed by atoms with Gasteiger partial charge in [-0.05, 0) is 49.9 Å². The maximum Gasteiger partial charge on any atom is 0.243 e. The number of aryl methyl sites for hydroxylation is 3. The molecule has 0 unspecified atom stereocenters. The van der Waals surface area contributed by atoms with Crippen molar-refractivity contribution in [3.8, 4) is 0 Å². The highest BCUT2D eigenvalue weighted by atomic mass is 32.2. The minimum Gasteiger partial charge on any atom is -0.370 e. The van der Waals surface area contributed by atoms with Crippen LogP contribution in [-0.2, 0) is 28.3 Å². The number of benzene rings is 1. The molecule has 0 radical (unpaired) electrons. The molecular formula is C22H33N5O3S. The van der Waals surface area contributed by atoms with Gasteiger partial charge in [-0.15, -0.1) is 0 Å². The SMILES string of the molecule is CCN(CC)S(=O)(=O)c1ccc(N2CCCC2)c(NC(=O)CCc2cn(C)nc2C)c1. The number of nitrogens with one attached hydrogen (secondary N) is 1. The third kappa shape index (κ3) is 5.27. The zero-order chi connectivity index (χ0) is 22.6. The number of carbonyl (C=O) groups excluding carboxylic acids is 1. The molecular weight excluding hydrogens is 414 g/mol. The van der Waals surface area contributed by atoms with Crippen LogP contribution in [0.3, 0.4) is 0 Å². The molecule has 1 saturated heterocycles. The number of nitrogens with zero attached hydrogens (tertiary/aromatic N) is 4. The smallest absolute Gasteiger partial charge is 0.243 e. The normalized spacial score (nSPS) is 14.4. The molecule has 1 amide bonds. The van der Waals surface area contributed by atoms with Gasteiger partial charge < -0.3 is 10.2 Å². The molecule has 2 heterocycles. The first-order valence-electron chi connectivity index (χ1n) is 10.9. The Morgan fingerprint density at radius 3 is 2.45 bits per heavy atom. The predicted molar refractivity (Wildman–Crippen MR) is 123 cm³/mol. The van der Waals surface area contributed by atoms with Gasteiger partial charge in [0.1, 0.15) is 0 Å². The molecule has 3 rings (SSSR count). The number of anilines is 2. The van der Waals surface area contributed by atoms with Gasteiger partial charge in [0.2, 0.25) is 15.9 Å². The summed E-state index contributed by atoms with van der Waals surface area (Å²) >= 11 is 0. The molecule has 1 N–H and O–H groups in total. The van der Waals surface area contributed by atoms with Gasteiger partial charge in [-0.2, -0.15) is 9.40 Å². The van der Waals surface area contributed by atoms with Crippen molar-refractivity contribution in [2.75, 3.05) is 36.4 Å². The molecule has 1 aliphatic rings. The predicted octanol–water partition coefficient (Wildman–Crippen LogP) is 2.93. The molecule has 0 bridgehead atoms. The average molecular weight is 448 g/mol. The highest BCUT2D eigenvalue weighted by Gasteiger charge is 2.25. The van der Waals surface area contributed by atoms with E-state index in [4.69, 9.17) is 0 Å². The van der Waals surface area contributed by atoms with E-state index in [-0.39, 0.29) is 10.8 Å². The molecule has 31 heavy (non-hydrogen) atoms. The fourth-order valence-corrected chi connectivity index (χ4v) is 5.56. The first-order chi connectivity index (χ1) is 14.8. The Bertz CT molecular complexity index is 1020. The van der Waals surface area contributed by atoms with Gasteiger partial charge >= 0.3 is 0 Å². The summed E-state index contributed by atoms with van der Waals surface area (Å²) in [5.74, 6) is -0.138. The third-order valence-electron chi connectivity index (χ3n) is 5.77. The molecule has 9 heteroatoms. The second kappa shape index (κ2) is 9.82. The molecule has 170 valence electrons. The molecule has 2 aromatic rings. The van der Waals surface area contributed by atoms with Crippen LogP contribution in [-0.4, -0.2) is 54.6 Å². The maximum absolute atomic E-state index is 13.0. The standard InChI is InChI=1S/C22H33N5O3S/c1-5-27(6-2)31(29,30)19-10-11-21(26-13-7-8-14-26)20(15-19)23-22(28)12-9-18-16-25(4)24-17(18)3/h10-11,15-16H,5-9,12-14H2,1-4H3,(H,23,28). The van der Waals surface area contributed by atoms with Crippen molar-refractivity contribution in [1.82, 2.24) is 14.1 Å². The largest absolute Gasteiger partial charge is 0.370 e. The van der Waals surface area contributed by atoms with Crippen molar-refractivity contribution < 1.29 is 13.2 Å². The van der Waals surface area contributed by atoms with Gasteiger partial charge in [-0.3, -0.25) is 9.48 Å². The van der Waals surface area contributed by atoms with Crippen molar-refractivity contribution in [3.63, 3.8) is 0 Å². The fourth-order valence-electron chi connectivity index (χ4n) is 4.08. The van der Waals surface area contributed by atoms with E-state index in [2.05, 4.69) is 15.3 Å². The molecule has 1 aromatic carbocycles. The van der Waals surface area contributed by atoms with Gasteiger partial charge in [0.05, 0.1) is 22.0 Å². The summed E-state index contributed by atoms with van der Waals surface area (Å²) in [5, 5.41) is 7.30. The highest BCUT2D eigenvalue weighted by Crippen LogP contribution is 2.32. The van der Waals surface area contributed by atoms with Crippen LogP contribution in [0.15, 0.2) is 29.3 Å². The number of rotatable bonds is 9. The summed E-state index contributed by atoms with van der Waals surface area (Å²) < 4.78 is 29.2. The number of hydrogen-bond acceptors (Lipinski definition) is 5. The summed E-state index contributed by atoms with van der Waals surface area (Å²) in [5.41, 5.74) is 3.39. The van der Waals surface area contributed by atoms with Crippen LogP contribution in [0.4, 0.5) is 11.4 Å². The number of aromatic nitrogens is 2. The summed E-state index contributed by atoms with van der Waals surface area (Å²) in [6.07, 6.45) is 5.00. The summed E-state index contributed by atoms with van der Waals surface area (Å²) in [4.78, 5) is 15.2. The van der Waals surface area contributed by atoms with E-state index in [0.29, 0.717) is 31.6 Å². The molecule has 1 aliphatic heterocycles. The minimum absolute atomic E-state index is 0.138. The van der Waals surface area contributed by atoms with Crippen molar-refractivity contribution >= 4 is 27.3 Å². The quantitative estimate of drug-likeness (QED) is 0.639. The van der Waals surface area contributed by atoms with E-state index < -0.39 is 10.0 Å². The fraction of sp³-hybridized carbons (Fsp3) is 0.545. The zero-order valence-corrected chi connectivity index (χ0v) is 19.7. The lowest BCUT2D eigenvalue weighted by molar-refractivity contribution is -0.116. The number of amides is 1. The summed E-state index contributed by atoms with van der Waals surface area (Å²) in [6.45, 7) is 8.18. The van der Waals surface area contributed by atoms with Gasteiger partial charge in [0, 0.05) is 45.8 Å². The Morgan fingerprint density at radius 1 is 1.19 bits per heavy atom. The monoisotopic (exact) mass is 447 g/mol. The van der Waals surface area contributed by atoms with Crippen LogP contribution >= 0.6 is 0 Å². The van der Waals surface area contributed by atoms with E-state index >= 15 is 0 Å². The summed E-state index contributed by atoms with van der Waals surface area (Å²) in [6, 6.07) is 5.08. The molecule has 0 atom stereocenters. The number of carbonyl (C=O) groups is 1. The lowest BCUT2D eigenvalue weighted by Crippen LogP contribution is -2.31. The zero-order valence-electron chi connectivity index (χ0n) is 18.9. The van der Waals surface area contributed by atoms with Gasteiger partial charge in [-0.1, -0.05) is 13.8 Å². The third-order valence-corrected chi connectivity index (χ3v) is 7.81. The molecule has 1 aromatic heterocycles. The molecule has 0 spiro atoms. The van der Waals surface area contributed by atoms with Crippen molar-refractivity contribution in [2.24, 2.45) is 7.05 Å². The Kier molecular flexibility index (Phi) is 7.38. The van der Waals surface area contributed by atoms with Crippen molar-refractivity contribution in [1.29, 1.82) is 0 Å². The second-order valence-electron chi connectivity index (χ2n) is 7.92. The van der Waals surface area contributed by atoms with Gasteiger partial charge in [0.15, 0.2) is 0 Å².